The molecule has 0 bridgehead atoms. The molecule has 1 aromatic rings. The Morgan fingerprint density at radius 1 is 1.22 bits per heavy atom. The molecule has 0 radical (unpaired) electrons. The van der Waals surface area contributed by atoms with Gasteiger partial charge in [0.15, 0.2) is 11.5 Å². The van der Waals surface area contributed by atoms with Crippen LogP contribution in [0, 0.1) is 0 Å². The fourth-order valence-electron chi connectivity index (χ4n) is 2.15. The van der Waals surface area contributed by atoms with Gasteiger partial charge in [-0.2, -0.15) is 0 Å². The Bertz CT molecular complexity index is 432. The Balaban J connectivity index is 2.32. The summed E-state index contributed by atoms with van der Waals surface area (Å²) in [6, 6.07) is 3.89. The molecule has 1 aliphatic rings. The van der Waals surface area contributed by atoms with Crippen molar-refractivity contribution in [2.75, 3.05) is 26.8 Å². The van der Waals surface area contributed by atoms with Crippen molar-refractivity contribution in [1.29, 1.82) is 0 Å². The highest BCUT2D eigenvalue weighted by Crippen LogP contribution is 2.41. The third-order valence-electron chi connectivity index (χ3n) is 3.36. The van der Waals surface area contributed by atoms with Crippen LogP contribution in [0.3, 0.4) is 0 Å². The van der Waals surface area contributed by atoms with Crippen LogP contribution in [0.1, 0.15) is 25.8 Å². The van der Waals surface area contributed by atoms with Crippen LogP contribution in [-0.4, -0.2) is 26.8 Å². The molecule has 0 unspecified atom stereocenters. The Hall–Kier alpha value is -0.930. The van der Waals surface area contributed by atoms with Crippen LogP contribution in [-0.2, 0) is 5.41 Å². The van der Waals surface area contributed by atoms with Gasteiger partial charge in [0.2, 0.25) is 0 Å². The maximum Gasteiger partial charge on any atom is 0.162 e. The minimum absolute atomic E-state index is 0.00985. The molecule has 1 heterocycles. The third-order valence-corrected chi connectivity index (χ3v) is 3.67. The van der Waals surface area contributed by atoms with E-state index in [1.165, 1.54) is 0 Å². The van der Waals surface area contributed by atoms with E-state index in [4.69, 9.17) is 21.1 Å². The SMILES string of the molecule is CNCCC(C)(C)c1cc2c(cc1Cl)OCCO2. The van der Waals surface area contributed by atoms with E-state index in [0.29, 0.717) is 13.2 Å². The largest absolute Gasteiger partial charge is 0.486 e. The second-order valence-corrected chi connectivity index (χ2v) is 5.62. The lowest BCUT2D eigenvalue weighted by atomic mass is 9.81. The zero-order chi connectivity index (χ0) is 13.2. The zero-order valence-electron chi connectivity index (χ0n) is 11.2. The quantitative estimate of drug-likeness (QED) is 0.912. The van der Waals surface area contributed by atoms with Crippen LogP contribution in [0.25, 0.3) is 0 Å². The van der Waals surface area contributed by atoms with Crippen molar-refractivity contribution in [2.24, 2.45) is 0 Å². The fraction of sp³-hybridized carbons (Fsp3) is 0.571. The first-order valence-electron chi connectivity index (χ1n) is 6.29. The first-order valence-corrected chi connectivity index (χ1v) is 6.66. The first-order chi connectivity index (χ1) is 8.54. The molecule has 1 N–H and O–H groups in total. The molecule has 1 aromatic carbocycles. The van der Waals surface area contributed by atoms with Gasteiger partial charge in [0.05, 0.1) is 0 Å². The summed E-state index contributed by atoms with van der Waals surface area (Å²) in [7, 11) is 1.96. The van der Waals surface area contributed by atoms with Crippen LogP contribution >= 0.6 is 11.6 Å². The van der Waals surface area contributed by atoms with Gasteiger partial charge in [0, 0.05) is 11.1 Å². The van der Waals surface area contributed by atoms with Crippen molar-refractivity contribution in [3.05, 3.63) is 22.7 Å². The highest BCUT2D eigenvalue weighted by atomic mass is 35.5. The number of hydrogen-bond donors (Lipinski definition) is 1. The fourth-order valence-corrected chi connectivity index (χ4v) is 2.56. The van der Waals surface area contributed by atoms with Gasteiger partial charge in [0.25, 0.3) is 0 Å². The van der Waals surface area contributed by atoms with Gasteiger partial charge in [-0.1, -0.05) is 25.4 Å². The molecular weight excluding hydrogens is 250 g/mol. The number of hydrogen-bond acceptors (Lipinski definition) is 3. The van der Waals surface area contributed by atoms with Crippen LogP contribution in [0.4, 0.5) is 0 Å². The van der Waals surface area contributed by atoms with Gasteiger partial charge >= 0.3 is 0 Å². The van der Waals surface area contributed by atoms with E-state index >= 15 is 0 Å². The van der Waals surface area contributed by atoms with E-state index in [9.17, 15) is 0 Å². The lowest BCUT2D eigenvalue weighted by Crippen LogP contribution is -2.24. The number of halogens is 1. The summed E-state index contributed by atoms with van der Waals surface area (Å²) < 4.78 is 11.2. The van der Waals surface area contributed by atoms with Crippen molar-refractivity contribution in [3.63, 3.8) is 0 Å². The van der Waals surface area contributed by atoms with Gasteiger partial charge in [-0.15, -0.1) is 0 Å². The normalized spacial score (nSPS) is 14.7. The van der Waals surface area contributed by atoms with Gasteiger partial charge in [-0.25, -0.2) is 0 Å². The second kappa shape index (κ2) is 5.37. The molecule has 0 aliphatic carbocycles. The van der Waals surface area contributed by atoms with E-state index < -0.39 is 0 Å². The third kappa shape index (κ3) is 2.73. The maximum atomic E-state index is 6.37. The minimum atomic E-state index is 0.00985. The highest BCUT2D eigenvalue weighted by molar-refractivity contribution is 6.31. The van der Waals surface area contributed by atoms with Gasteiger partial charge < -0.3 is 14.8 Å². The average Bonchev–Trinajstić information content (AvgIpc) is 2.35. The van der Waals surface area contributed by atoms with E-state index in [2.05, 4.69) is 19.2 Å². The minimum Gasteiger partial charge on any atom is -0.486 e. The number of ether oxygens (including phenoxy) is 2. The van der Waals surface area contributed by atoms with Crippen LogP contribution in [0.5, 0.6) is 11.5 Å². The summed E-state index contributed by atoms with van der Waals surface area (Å²) in [4.78, 5) is 0. The van der Waals surface area contributed by atoms with E-state index in [1.807, 2.05) is 19.2 Å². The van der Waals surface area contributed by atoms with Crippen LogP contribution in [0.15, 0.2) is 12.1 Å². The van der Waals surface area contributed by atoms with Crippen molar-refractivity contribution in [3.8, 4) is 11.5 Å². The molecule has 0 amide bonds. The number of nitrogens with one attached hydrogen (secondary N) is 1. The molecule has 3 nitrogen and oxygen atoms in total. The Morgan fingerprint density at radius 2 is 1.83 bits per heavy atom. The molecule has 2 rings (SSSR count). The Kier molecular flexibility index (Phi) is 4.03. The second-order valence-electron chi connectivity index (χ2n) is 5.21. The molecule has 0 saturated carbocycles. The molecule has 0 fully saturated rings. The number of fused-ring (bicyclic) bond motifs is 1. The summed E-state index contributed by atoms with van der Waals surface area (Å²) in [5.41, 5.74) is 1.12. The lowest BCUT2D eigenvalue weighted by molar-refractivity contribution is 0.171. The number of benzene rings is 1. The average molecular weight is 270 g/mol. The maximum absolute atomic E-state index is 6.37. The summed E-state index contributed by atoms with van der Waals surface area (Å²) in [5, 5.41) is 3.93. The molecule has 100 valence electrons. The zero-order valence-corrected chi connectivity index (χ0v) is 11.9. The summed E-state index contributed by atoms with van der Waals surface area (Å²) in [5.74, 6) is 1.55. The summed E-state index contributed by atoms with van der Waals surface area (Å²) >= 11 is 6.37. The predicted octanol–water partition coefficient (Wildman–Crippen LogP) is 3.00. The van der Waals surface area contributed by atoms with E-state index in [0.717, 1.165) is 35.1 Å². The van der Waals surface area contributed by atoms with E-state index in [-0.39, 0.29) is 5.41 Å². The van der Waals surface area contributed by atoms with Crippen molar-refractivity contribution < 1.29 is 9.47 Å². The predicted molar refractivity (Wildman–Crippen MR) is 74.0 cm³/mol. The molecule has 0 saturated heterocycles. The first kappa shape index (κ1) is 13.5. The summed E-state index contributed by atoms with van der Waals surface area (Å²) in [6.45, 7) is 6.54. The number of rotatable bonds is 4. The lowest BCUT2D eigenvalue weighted by Gasteiger charge is -2.28. The standard InChI is InChI=1S/C14H20ClNO2/c1-14(2,4-5-16-3)10-8-12-13(9-11(10)15)18-7-6-17-12/h8-9,16H,4-7H2,1-3H3. The molecule has 0 aromatic heterocycles. The smallest absolute Gasteiger partial charge is 0.162 e. The topological polar surface area (TPSA) is 30.5 Å². The van der Waals surface area contributed by atoms with Gasteiger partial charge in [0.1, 0.15) is 13.2 Å². The molecule has 18 heavy (non-hydrogen) atoms. The van der Waals surface area contributed by atoms with E-state index in [1.54, 1.807) is 0 Å². The molecule has 4 heteroatoms. The van der Waals surface area contributed by atoms with Crippen molar-refractivity contribution >= 4 is 11.6 Å². The van der Waals surface area contributed by atoms with Crippen LogP contribution < -0.4 is 14.8 Å². The molecule has 1 aliphatic heterocycles. The van der Waals surface area contributed by atoms with Crippen LogP contribution in [0.2, 0.25) is 5.02 Å². The Labute approximate surface area is 113 Å². The monoisotopic (exact) mass is 269 g/mol. The van der Waals surface area contributed by atoms with Gasteiger partial charge in [-0.3, -0.25) is 0 Å². The van der Waals surface area contributed by atoms with Crippen molar-refractivity contribution in [1.82, 2.24) is 5.32 Å². The Morgan fingerprint density at radius 3 is 2.44 bits per heavy atom. The molecule has 0 atom stereocenters. The highest BCUT2D eigenvalue weighted by Gasteiger charge is 2.26. The van der Waals surface area contributed by atoms with Gasteiger partial charge in [-0.05, 0) is 37.1 Å². The molecular formula is C14H20ClNO2. The van der Waals surface area contributed by atoms with Crippen molar-refractivity contribution in [2.45, 2.75) is 25.7 Å². The molecule has 0 spiro atoms. The summed E-state index contributed by atoms with van der Waals surface area (Å²) in [6.07, 6.45) is 1.02.